The molecule has 4 aromatic rings. The van der Waals surface area contributed by atoms with E-state index in [-0.39, 0.29) is 33.8 Å². The number of hydrogen-bond acceptors (Lipinski definition) is 8. The van der Waals surface area contributed by atoms with E-state index in [2.05, 4.69) is 20.0 Å². The number of amides is 1. The number of aromatic nitrogens is 3. The Labute approximate surface area is 212 Å². The molecule has 0 spiro atoms. The van der Waals surface area contributed by atoms with E-state index >= 15 is 0 Å². The van der Waals surface area contributed by atoms with Gasteiger partial charge in [-0.25, -0.2) is 18.4 Å². The first-order valence-electron chi connectivity index (χ1n) is 11.0. The van der Waals surface area contributed by atoms with E-state index < -0.39 is 15.9 Å². The Morgan fingerprint density at radius 3 is 2.64 bits per heavy atom. The number of methoxy groups -OCH3 is 1. The van der Waals surface area contributed by atoms with Crippen molar-refractivity contribution in [2.75, 3.05) is 18.9 Å². The minimum atomic E-state index is -3.85. The van der Waals surface area contributed by atoms with Crippen LogP contribution in [-0.4, -0.2) is 43.0 Å². The van der Waals surface area contributed by atoms with Gasteiger partial charge in [-0.15, -0.1) is 11.3 Å². The Morgan fingerprint density at radius 2 is 1.97 bits per heavy atom. The number of sulfonamides is 1. The number of benzene rings is 1. The number of aryl methyl sites for hydroxylation is 1. The zero-order valence-corrected chi connectivity index (χ0v) is 21.7. The Hall–Kier alpha value is -3.77. The van der Waals surface area contributed by atoms with Crippen molar-refractivity contribution < 1.29 is 17.9 Å². The van der Waals surface area contributed by atoms with Gasteiger partial charge in [-0.3, -0.25) is 18.9 Å². The van der Waals surface area contributed by atoms with E-state index in [1.54, 1.807) is 56.6 Å². The van der Waals surface area contributed by atoms with Gasteiger partial charge in [0, 0.05) is 25.4 Å². The van der Waals surface area contributed by atoms with Crippen LogP contribution in [0.5, 0.6) is 5.88 Å². The molecule has 36 heavy (non-hydrogen) atoms. The molecule has 3 aromatic heterocycles. The first-order chi connectivity index (χ1) is 17.1. The van der Waals surface area contributed by atoms with Gasteiger partial charge in [-0.1, -0.05) is 13.0 Å². The van der Waals surface area contributed by atoms with Gasteiger partial charge >= 0.3 is 0 Å². The smallest absolute Gasteiger partial charge is 0.271 e. The Morgan fingerprint density at radius 1 is 1.19 bits per heavy atom. The van der Waals surface area contributed by atoms with Crippen LogP contribution in [0.4, 0.5) is 5.69 Å². The predicted octanol–water partition coefficient (Wildman–Crippen LogP) is 3.02. The number of ether oxygens (including phenoxy) is 1. The van der Waals surface area contributed by atoms with Gasteiger partial charge in [0.05, 0.1) is 30.3 Å². The van der Waals surface area contributed by atoms with Crippen molar-refractivity contribution in [2.24, 2.45) is 5.92 Å². The van der Waals surface area contributed by atoms with E-state index in [0.29, 0.717) is 27.6 Å². The molecule has 1 atom stereocenters. The summed E-state index contributed by atoms with van der Waals surface area (Å²) < 4.78 is 35.3. The summed E-state index contributed by atoms with van der Waals surface area (Å²) in [5.41, 5.74) is 2.25. The number of fused-ring (bicyclic) bond motifs is 1. The molecule has 0 bridgehead atoms. The molecule has 1 amide bonds. The normalized spacial score (nSPS) is 12.3. The lowest BCUT2D eigenvalue weighted by Crippen LogP contribution is -2.32. The van der Waals surface area contributed by atoms with Crippen molar-refractivity contribution in [3.63, 3.8) is 0 Å². The van der Waals surface area contributed by atoms with Crippen LogP contribution in [0.1, 0.15) is 12.5 Å². The minimum Gasteiger partial charge on any atom is -0.480 e. The summed E-state index contributed by atoms with van der Waals surface area (Å²) in [5, 5.41) is 4.65. The molecule has 1 aromatic carbocycles. The Balaban J connectivity index is 1.73. The highest BCUT2D eigenvalue weighted by Gasteiger charge is 2.21. The standard InChI is InChI=1S/C24H25N5O5S2/c1-14-7-8-35-24(14)36(32,33)28-20-10-17(11-26-22(20)34-4)16-5-6-19-18(9-16)23(31)29(13-27-19)12-15(2)21(30)25-3/h5-11,13,15,28H,12H2,1-4H3,(H,25,30)/t15-/m0/s1. The van der Waals surface area contributed by atoms with Gasteiger partial charge in [0.1, 0.15) is 9.90 Å². The summed E-state index contributed by atoms with van der Waals surface area (Å²) in [7, 11) is -0.898. The molecular weight excluding hydrogens is 502 g/mol. The molecule has 0 aliphatic heterocycles. The van der Waals surface area contributed by atoms with E-state index in [1.807, 2.05) is 0 Å². The van der Waals surface area contributed by atoms with Gasteiger partial charge in [-0.05, 0) is 47.7 Å². The molecule has 0 fully saturated rings. The predicted molar refractivity (Wildman–Crippen MR) is 139 cm³/mol. The molecule has 0 aliphatic carbocycles. The molecule has 188 valence electrons. The lowest BCUT2D eigenvalue weighted by molar-refractivity contribution is -0.124. The fourth-order valence-corrected chi connectivity index (χ4v) is 6.23. The number of nitrogens with zero attached hydrogens (tertiary/aromatic N) is 3. The Kier molecular flexibility index (Phi) is 7.09. The second-order valence-corrected chi connectivity index (χ2v) is 11.0. The third-order valence-electron chi connectivity index (χ3n) is 5.67. The molecule has 3 heterocycles. The average Bonchev–Trinajstić information content (AvgIpc) is 3.31. The van der Waals surface area contributed by atoms with E-state index in [9.17, 15) is 18.0 Å². The van der Waals surface area contributed by atoms with Crippen LogP contribution in [0, 0.1) is 12.8 Å². The van der Waals surface area contributed by atoms with Crippen molar-refractivity contribution in [3.05, 3.63) is 64.2 Å². The van der Waals surface area contributed by atoms with E-state index in [1.165, 1.54) is 24.2 Å². The summed E-state index contributed by atoms with van der Waals surface area (Å²) in [6.45, 7) is 3.64. The molecule has 12 heteroatoms. The quantitative estimate of drug-likeness (QED) is 0.360. The van der Waals surface area contributed by atoms with Crippen LogP contribution in [0.3, 0.4) is 0 Å². The number of anilines is 1. The highest BCUT2D eigenvalue weighted by atomic mass is 32.2. The average molecular weight is 528 g/mol. The zero-order valence-electron chi connectivity index (χ0n) is 20.1. The second kappa shape index (κ2) is 10.1. The lowest BCUT2D eigenvalue weighted by Gasteiger charge is -2.14. The summed E-state index contributed by atoms with van der Waals surface area (Å²) in [4.78, 5) is 33.6. The van der Waals surface area contributed by atoms with Crippen LogP contribution in [0.2, 0.25) is 0 Å². The van der Waals surface area contributed by atoms with Crippen molar-refractivity contribution >= 4 is 43.9 Å². The fourth-order valence-electron chi connectivity index (χ4n) is 3.76. The van der Waals surface area contributed by atoms with E-state index in [4.69, 9.17) is 4.74 Å². The van der Waals surface area contributed by atoms with Crippen LogP contribution >= 0.6 is 11.3 Å². The van der Waals surface area contributed by atoms with Crippen LogP contribution in [0.15, 0.2) is 57.2 Å². The van der Waals surface area contributed by atoms with Gasteiger partial charge in [0.2, 0.25) is 11.8 Å². The maximum Gasteiger partial charge on any atom is 0.271 e. The van der Waals surface area contributed by atoms with E-state index in [0.717, 1.165) is 11.3 Å². The molecule has 0 aliphatic rings. The van der Waals surface area contributed by atoms with Crippen LogP contribution in [-0.2, 0) is 21.4 Å². The molecule has 0 saturated carbocycles. The molecule has 0 radical (unpaired) electrons. The summed E-state index contributed by atoms with van der Waals surface area (Å²) in [6.07, 6.45) is 2.97. The van der Waals surface area contributed by atoms with Crippen molar-refractivity contribution in [3.8, 4) is 17.0 Å². The molecule has 4 rings (SSSR count). The first-order valence-corrected chi connectivity index (χ1v) is 13.3. The number of rotatable bonds is 8. The number of carbonyl (C=O) groups excluding carboxylic acids is 1. The van der Waals surface area contributed by atoms with Crippen molar-refractivity contribution in [2.45, 2.75) is 24.6 Å². The molecule has 0 saturated heterocycles. The number of carbonyl (C=O) groups is 1. The summed E-state index contributed by atoms with van der Waals surface area (Å²) in [6, 6.07) is 8.50. The van der Waals surface area contributed by atoms with Crippen molar-refractivity contribution in [1.82, 2.24) is 19.9 Å². The number of hydrogen-bond donors (Lipinski definition) is 2. The molecule has 0 unspecified atom stereocenters. The van der Waals surface area contributed by atoms with Gasteiger partial charge in [-0.2, -0.15) is 0 Å². The van der Waals surface area contributed by atoms with Crippen molar-refractivity contribution in [1.29, 1.82) is 0 Å². The minimum absolute atomic E-state index is 0.115. The first kappa shape index (κ1) is 25.3. The maximum absolute atomic E-state index is 13.1. The number of pyridine rings is 1. The number of nitrogens with one attached hydrogen (secondary N) is 2. The molecular formula is C24H25N5O5S2. The largest absolute Gasteiger partial charge is 0.480 e. The molecule has 10 nitrogen and oxygen atoms in total. The third-order valence-corrected chi connectivity index (χ3v) is 8.72. The number of thiophene rings is 1. The SMILES string of the molecule is CNC(=O)[C@@H](C)Cn1cnc2ccc(-c3cnc(OC)c(NS(=O)(=O)c4sccc4C)c3)cc2c1=O. The van der Waals surface area contributed by atoms with Gasteiger partial charge in [0.25, 0.3) is 15.6 Å². The van der Waals surface area contributed by atoms with Gasteiger partial charge in [0.15, 0.2) is 0 Å². The highest BCUT2D eigenvalue weighted by Crippen LogP contribution is 2.32. The monoisotopic (exact) mass is 527 g/mol. The lowest BCUT2D eigenvalue weighted by atomic mass is 10.0. The molecule has 2 N–H and O–H groups in total. The highest BCUT2D eigenvalue weighted by molar-refractivity contribution is 7.94. The zero-order chi connectivity index (χ0) is 26.0. The van der Waals surface area contributed by atoms with Crippen LogP contribution < -0.4 is 20.3 Å². The summed E-state index contributed by atoms with van der Waals surface area (Å²) >= 11 is 1.12. The Bertz CT molecular complexity index is 1610. The van der Waals surface area contributed by atoms with Crippen LogP contribution in [0.25, 0.3) is 22.0 Å². The summed E-state index contributed by atoms with van der Waals surface area (Å²) in [5.74, 6) is -0.471. The second-order valence-electron chi connectivity index (χ2n) is 8.23. The van der Waals surface area contributed by atoms with Gasteiger partial charge < -0.3 is 10.1 Å². The maximum atomic E-state index is 13.1. The topological polar surface area (TPSA) is 132 Å². The fraction of sp³-hybridized carbons (Fsp3) is 0.250. The third kappa shape index (κ3) is 4.95.